The monoisotopic (exact) mass is 350 g/mol. The summed E-state index contributed by atoms with van der Waals surface area (Å²) in [5, 5.41) is 3.44. The van der Waals surface area contributed by atoms with Crippen LogP contribution in [-0.2, 0) is 14.3 Å². The second kappa shape index (κ2) is 9.45. The second-order valence-electron chi connectivity index (χ2n) is 5.69. The van der Waals surface area contributed by atoms with Crippen LogP contribution in [0.1, 0.15) is 30.9 Å². The Balaban J connectivity index is 2.10. The highest BCUT2D eigenvalue weighted by Gasteiger charge is 2.29. The van der Waals surface area contributed by atoms with Crippen LogP contribution in [0.2, 0.25) is 5.02 Å². The van der Waals surface area contributed by atoms with Crippen LogP contribution in [-0.4, -0.2) is 43.5 Å². The number of rotatable bonds is 6. The third kappa shape index (κ3) is 5.08. The van der Waals surface area contributed by atoms with Crippen molar-refractivity contribution in [2.24, 2.45) is 0 Å². The van der Waals surface area contributed by atoms with E-state index in [0.29, 0.717) is 5.02 Å². The molecular formula is C18H23ClN2O3. The number of hydrogen-bond donors (Lipinski definition) is 1. The number of piperidine rings is 1. The van der Waals surface area contributed by atoms with Gasteiger partial charge in [-0.3, -0.25) is 9.69 Å². The van der Waals surface area contributed by atoms with Gasteiger partial charge in [-0.2, -0.15) is 0 Å². The van der Waals surface area contributed by atoms with Gasteiger partial charge >= 0.3 is 5.97 Å². The number of benzene rings is 1. The van der Waals surface area contributed by atoms with Gasteiger partial charge in [0.2, 0.25) is 5.91 Å². The quantitative estimate of drug-likeness (QED) is 0.633. The maximum Gasteiger partial charge on any atom is 0.330 e. The minimum Gasteiger partial charge on any atom is -0.466 e. The molecule has 1 amide bonds. The summed E-state index contributed by atoms with van der Waals surface area (Å²) >= 11 is 6.32. The molecule has 24 heavy (non-hydrogen) atoms. The van der Waals surface area contributed by atoms with E-state index in [9.17, 15) is 9.59 Å². The van der Waals surface area contributed by atoms with Crippen LogP contribution >= 0.6 is 11.6 Å². The van der Waals surface area contributed by atoms with Crippen LogP contribution in [0.4, 0.5) is 0 Å². The molecule has 0 aliphatic carbocycles. The Kier molecular flexibility index (Phi) is 7.28. The number of carbonyl (C=O) groups excluding carboxylic acids is 2. The number of nitrogens with one attached hydrogen (secondary N) is 1. The van der Waals surface area contributed by atoms with E-state index in [-0.39, 0.29) is 12.5 Å². The van der Waals surface area contributed by atoms with E-state index in [4.69, 9.17) is 11.6 Å². The Hall–Kier alpha value is -1.85. The van der Waals surface area contributed by atoms with Crippen molar-refractivity contribution in [2.75, 3.05) is 26.7 Å². The Bertz CT molecular complexity index is 598. The Morgan fingerprint density at radius 1 is 1.29 bits per heavy atom. The van der Waals surface area contributed by atoms with E-state index in [1.807, 2.05) is 18.2 Å². The lowest BCUT2D eigenvalue weighted by Crippen LogP contribution is -2.43. The zero-order valence-electron chi connectivity index (χ0n) is 13.8. The Morgan fingerprint density at radius 3 is 2.67 bits per heavy atom. The highest BCUT2D eigenvalue weighted by atomic mass is 35.5. The van der Waals surface area contributed by atoms with Crippen molar-refractivity contribution >= 4 is 23.5 Å². The van der Waals surface area contributed by atoms with Crippen molar-refractivity contribution < 1.29 is 14.3 Å². The van der Waals surface area contributed by atoms with E-state index in [2.05, 4.69) is 15.0 Å². The van der Waals surface area contributed by atoms with Gasteiger partial charge < -0.3 is 10.1 Å². The molecule has 1 aromatic carbocycles. The van der Waals surface area contributed by atoms with Crippen LogP contribution < -0.4 is 5.32 Å². The fraction of sp³-hybridized carbons (Fsp3) is 0.444. The smallest absolute Gasteiger partial charge is 0.330 e. The summed E-state index contributed by atoms with van der Waals surface area (Å²) in [5.74, 6) is -0.553. The summed E-state index contributed by atoms with van der Waals surface area (Å²) in [6, 6.07) is 7.04. The number of nitrogens with zero attached hydrogens (tertiary/aromatic N) is 1. The van der Waals surface area contributed by atoms with Crippen LogP contribution in [0.25, 0.3) is 0 Å². The first-order chi connectivity index (χ1) is 11.6. The summed E-state index contributed by atoms with van der Waals surface area (Å²) < 4.78 is 4.52. The molecule has 1 aliphatic rings. The Labute approximate surface area is 147 Å². The first-order valence-electron chi connectivity index (χ1n) is 8.14. The van der Waals surface area contributed by atoms with E-state index in [1.165, 1.54) is 19.6 Å². The van der Waals surface area contributed by atoms with Gasteiger partial charge in [-0.1, -0.05) is 42.3 Å². The lowest BCUT2D eigenvalue weighted by molar-refractivity contribution is -0.135. The fourth-order valence-corrected chi connectivity index (χ4v) is 3.10. The highest BCUT2D eigenvalue weighted by molar-refractivity contribution is 6.31. The number of ether oxygens (including phenoxy) is 1. The number of methoxy groups -OCH3 is 1. The van der Waals surface area contributed by atoms with Gasteiger partial charge in [-0.25, -0.2) is 4.79 Å². The number of hydrogen-bond acceptors (Lipinski definition) is 4. The number of amides is 1. The largest absolute Gasteiger partial charge is 0.466 e. The third-order valence-electron chi connectivity index (χ3n) is 4.05. The van der Waals surface area contributed by atoms with Crippen LogP contribution in [0.3, 0.4) is 0 Å². The zero-order valence-corrected chi connectivity index (χ0v) is 14.6. The molecule has 1 heterocycles. The van der Waals surface area contributed by atoms with E-state index in [1.54, 1.807) is 12.1 Å². The number of likely N-dealkylation sites (tertiary alicyclic amines) is 1. The molecule has 1 saturated heterocycles. The number of halogens is 1. The van der Waals surface area contributed by atoms with Gasteiger partial charge in [0.1, 0.15) is 6.04 Å². The molecule has 0 radical (unpaired) electrons. The molecule has 1 aliphatic heterocycles. The third-order valence-corrected chi connectivity index (χ3v) is 4.40. The Morgan fingerprint density at radius 2 is 2.00 bits per heavy atom. The van der Waals surface area contributed by atoms with Gasteiger partial charge in [-0.15, -0.1) is 0 Å². The highest BCUT2D eigenvalue weighted by Crippen LogP contribution is 2.29. The minimum atomic E-state index is -0.442. The predicted molar refractivity (Wildman–Crippen MR) is 93.8 cm³/mol. The van der Waals surface area contributed by atoms with Gasteiger partial charge in [0.15, 0.2) is 0 Å². The molecule has 2 rings (SSSR count). The van der Waals surface area contributed by atoms with Crippen molar-refractivity contribution in [1.82, 2.24) is 10.2 Å². The van der Waals surface area contributed by atoms with Crippen molar-refractivity contribution in [3.05, 3.63) is 47.0 Å². The molecule has 6 heteroatoms. The van der Waals surface area contributed by atoms with Gasteiger partial charge in [0.25, 0.3) is 0 Å². The maximum absolute atomic E-state index is 12.7. The van der Waals surface area contributed by atoms with Gasteiger partial charge in [0.05, 0.1) is 7.11 Å². The lowest BCUT2D eigenvalue weighted by atomic mass is 10.0. The van der Waals surface area contributed by atoms with Crippen LogP contribution in [0.15, 0.2) is 36.4 Å². The molecule has 1 N–H and O–H groups in total. The first kappa shape index (κ1) is 18.5. The van der Waals surface area contributed by atoms with E-state index >= 15 is 0 Å². The summed E-state index contributed by atoms with van der Waals surface area (Å²) in [4.78, 5) is 26.0. The van der Waals surface area contributed by atoms with Crippen molar-refractivity contribution in [1.29, 1.82) is 0 Å². The molecule has 0 bridgehead atoms. The maximum atomic E-state index is 12.7. The second-order valence-corrected chi connectivity index (χ2v) is 6.10. The summed E-state index contributed by atoms with van der Waals surface area (Å²) in [5.41, 5.74) is 0.815. The summed E-state index contributed by atoms with van der Waals surface area (Å²) in [7, 11) is 1.31. The van der Waals surface area contributed by atoms with Crippen LogP contribution in [0.5, 0.6) is 0 Å². The van der Waals surface area contributed by atoms with Crippen molar-refractivity contribution in [2.45, 2.75) is 25.3 Å². The van der Waals surface area contributed by atoms with E-state index < -0.39 is 12.0 Å². The molecular weight excluding hydrogens is 328 g/mol. The van der Waals surface area contributed by atoms with Gasteiger partial charge in [0, 0.05) is 17.6 Å². The van der Waals surface area contributed by atoms with Crippen molar-refractivity contribution in [3.63, 3.8) is 0 Å². The van der Waals surface area contributed by atoms with Crippen molar-refractivity contribution in [3.8, 4) is 0 Å². The number of esters is 1. The first-order valence-corrected chi connectivity index (χ1v) is 8.52. The average molecular weight is 351 g/mol. The molecule has 1 atom stereocenters. The molecule has 130 valence electrons. The summed E-state index contributed by atoms with van der Waals surface area (Å²) in [6.07, 6.45) is 6.22. The minimum absolute atomic E-state index is 0.112. The standard InChI is InChI=1S/C18H23ClN2O3/c1-24-16(22)10-7-11-20-18(23)17(21-12-5-2-6-13-21)14-8-3-4-9-15(14)19/h3-4,7-10,17H,2,5-6,11-13H2,1H3,(H,20,23)/b10-7+. The SMILES string of the molecule is COC(=O)/C=C/CNC(=O)C(c1ccccc1Cl)N1CCCCC1. The average Bonchev–Trinajstić information content (AvgIpc) is 2.61. The zero-order chi connectivity index (χ0) is 17.4. The molecule has 0 spiro atoms. The molecule has 0 saturated carbocycles. The normalized spacial score (nSPS) is 16.8. The molecule has 0 aromatic heterocycles. The van der Waals surface area contributed by atoms with Gasteiger partial charge in [-0.05, 0) is 37.6 Å². The van der Waals surface area contributed by atoms with E-state index in [0.717, 1.165) is 31.5 Å². The molecule has 1 fully saturated rings. The lowest BCUT2D eigenvalue weighted by Gasteiger charge is -2.34. The topological polar surface area (TPSA) is 58.6 Å². The predicted octanol–water partition coefficient (Wildman–Crippen LogP) is 2.71. The molecule has 1 aromatic rings. The van der Waals surface area contributed by atoms with Crippen LogP contribution in [0, 0.1) is 0 Å². The number of carbonyl (C=O) groups is 2. The molecule has 1 unspecified atom stereocenters. The summed E-state index contributed by atoms with van der Waals surface area (Å²) in [6.45, 7) is 2.02. The fourth-order valence-electron chi connectivity index (χ4n) is 2.86. The molecule has 5 nitrogen and oxygen atoms in total.